The average Bonchev–Trinajstić information content (AvgIpc) is 3.04. The maximum Gasteiger partial charge on any atom is 0.298 e. The van der Waals surface area contributed by atoms with Crippen molar-refractivity contribution in [1.82, 2.24) is 4.90 Å². The van der Waals surface area contributed by atoms with Crippen LogP contribution in [-0.4, -0.2) is 44.9 Å². The molecule has 2 fully saturated rings. The maximum atomic E-state index is 12.5. The topological polar surface area (TPSA) is 59.0 Å². The first kappa shape index (κ1) is 19.1. The molecule has 2 aliphatic heterocycles. The molecule has 0 bridgehead atoms. The van der Waals surface area contributed by atoms with Crippen molar-refractivity contribution in [3.05, 3.63) is 29.8 Å². The van der Waals surface area contributed by atoms with Crippen LogP contribution in [0.25, 0.3) is 0 Å². The van der Waals surface area contributed by atoms with Crippen molar-refractivity contribution < 1.29 is 12.6 Å². The average molecular weight is 391 g/mol. The second-order valence-electron chi connectivity index (χ2n) is 8.69. The number of likely N-dealkylation sites (tertiary alicyclic amines) is 1. The molecule has 1 aromatic rings. The smallest absolute Gasteiger partial charge is 0.291 e. The van der Waals surface area contributed by atoms with Gasteiger partial charge in [-0.15, -0.1) is 0 Å². The molecule has 5 unspecified atom stereocenters. The lowest BCUT2D eigenvalue weighted by atomic mass is 9.65. The Balaban J connectivity index is 1.40. The summed E-state index contributed by atoms with van der Waals surface area (Å²) in [6.45, 7) is 8.48. The second-order valence-corrected chi connectivity index (χ2v) is 10.3. The standard InChI is InChI=1S/C21H30N2O3S/c1-14-4-7-18(8-5-14)27(24,25)26-13-23-11-17-10-21-19(9-6-15(2)22-21)16(3)20(17)12-23/h4-5,7-8,15-17,19-20H,6,9-13H2,1-3H3. The molecule has 4 rings (SSSR count). The van der Waals surface area contributed by atoms with Crippen molar-refractivity contribution in [2.75, 3.05) is 19.8 Å². The third-order valence-electron chi connectivity index (χ3n) is 6.76. The number of hydrogen-bond acceptors (Lipinski definition) is 5. The Bertz CT molecular complexity index is 818. The third-order valence-corrected chi connectivity index (χ3v) is 8.02. The molecular formula is C21H30N2O3S. The van der Waals surface area contributed by atoms with Gasteiger partial charge in [0.1, 0.15) is 6.73 Å². The predicted molar refractivity (Wildman–Crippen MR) is 106 cm³/mol. The number of aryl methyl sites for hydroxylation is 1. The first-order chi connectivity index (χ1) is 12.8. The van der Waals surface area contributed by atoms with E-state index >= 15 is 0 Å². The minimum atomic E-state index is -3.70. The van der Waals surface area contributed by atoms with Crippen LogP contribution in [0.15, 0.2) is 34.2 Å². The molecule has 5 atom stereocenters. The number of rotatable bonds is 4. The van der Waals surface area contributed by atoms with E-state index in [9.17, 15) is 8.42 Å². The summed E-state index contributed by atoms with van der Waals surface area (Å²) in [5.74, 6) is 2.44. The highest BCUT2D eigenvalue weighted by Gasteiger charge is 2.46. The van der Waals surface area contributed by atoms with Crippen LogP contribution in [0.2, 0.25) is 0 Å². The molecule has 2 heterocycles. The maximum absolute atomic E-state index is 12.5. The van der Waals surface area contributed by atoms with Crippen molar-refractivity contribution >= 4 is 15.8 Å². The highest BCUT2D eigenvalue weighted by molar-refractivity contribution is 7.86. The van der Waals surface area contributed by atoms with Gasteiger partial charge in [-0.05, 0) is 68.9 Å². The fourth-order valence-electron chi connectivity index (χ4n) is 5.19. The van der Waals surface area contributed by atoms with Crippen LogP contribution in [0.4, 0.5) is 0 Å². The van der Waals surface area contributed by atoms with E-state index in [1.54, 1.807) is 24.3 Å². The van der Waals surface area contributed by atoms with Crippen molar-refractivity contribution in [2.45, 2.75) is 51.0 Å². The molecule has 1 aliphatic carbocycles. The van der Waals surface area contributed by atoms with E-state index in [0.29, 0.717) is 29.7 Å². The van der Waals surface area contributed by atoms with Crippen LogP contribution in [0.5, 0.6) is 0 Å². The summed E-state index contributed by atoms with van der Waals surface area (Å²) < 4.78 is 30.3. The van der Waals surface area contributed by atoms with Crippen molar-refractivity contribution in [3.8, 4) is 0 Å². The summed E-state index contributed by atoms with van der Waals surface area (Å²) in [5, 5.41) is 0. The Morgan fingerprint density at radius 3 is 2.63 bits per heavy atom. The number of benzene rings is 1. The van der Waals surface area contributed by atoms with E-state index in [0.717, 1.165) is 25.1 Å². The van der Waals surface area contributed by atoms with Gasteiger partial charge in [0, 0.05) is 24.8 Å². The van der Waals surface area contributed by atoms with Gasteiger partial charge in [0.15, 0.2) is 0 Å². The van der Waals surface area contributed by atoms with E-state index < -0.39 is 10.1 Å². The number of fused-ring (bicyclic) bond motifs is 2. The number of nitrogens with zero attached hydrogens (tertiary/aromatic N) is 2. The first-order valence-corrected chi connectivity index (χ1v) is 11.5. The molecule has 27 heavy (non-hydrogen) atoms. The van der Waals surface area contributed by atoms with Crippen LogP contribution in [0.3, 0.4) is 0 Å². The van der Waals surface area contributed by atoms with E-state index in [2.05, 4.69) is 18.7 Å². The molecule has 1 saturated heterocycles. The van der Waals surface area contributed by atoms with Crippen molar-refractivity contribution in [2.24, 2.45) is 28.7 Å². The van der Waals surface area contributed by atoms with Gasteiger partial charge in [-0.25, -0.2) is 0 Å². The minimum Gasteiger partial charge on any atom is -0.291 e. The van der Waals surface area contributed by atoms with Crippen LogP contribution in [-0.2, 0) is 14.3 Å². The van der Waals surface area contributed by atoms with Gasteiger partial charge in [-0.3, -0.25) is 14.1 Å². The van der Waals surface area contributed by atoms with Gasteiger partial charge in [0.25, 0.3) is 10.1 Å². The van der Waals surface area contributed by atoms with E-state index in [1.165, 1.54) is 18.6 Å². The van der Waals surface area contributed by atoms with Crippen molar-refractivity contribution in [1.29, 1.82) is 0 Å². The molecule has 3 aliphatic rings. The largest absolute Gasteiger partial charge is 0.298 e. The summed E-state index contributed by atoms with van der Waals surface area (Å²) in [6, 6.07) is 7.28. The molecule has 148 valence electrons. The Morgan fingerprint density at radius 1 is 1.15 bits per heavy atom. The molecule has 0 amide bonds. The van der Waals surface area contributed by atoms with Crippen LogP contribution >= 0.6 is 0 Å². The zero-order valence-corrected chi connectivity index (χ0v) is 17.3. The minimum absolute atomic E-state index is 0.142. The van der Waals surface area contributed by atoms with E-state index in [1.807, 2.05) is 6.92 Å². The fourth-order valence-corrected chi connectivity index (χ4v) is 6.08. The molecular weight excluding hydrogens is 360 g/mol. The lowest BCUT2D eigenvalue weighted by Gasteiger charge is -2.41. The zero-order chi connectivity index (χ0) is 19.2. The van der Waals surface area contributed by atoms with Gasteiger partial charge >= 0.3 is 0 Å². The molecule has 1 saturated carbocycles. The molecule has 0 aromatic heterocycles. The molecule has 5 nitrogen and oxygen atoms in total. The Morgan fingerprint density at radius 2 is 1.89 bits per heavy atom. The fraction of sp³-hybridized carbons (Fsp3) is 0.667. The number of aliphatic imine (C=N–C) groups is 1. The summed E-state index contributed by atoms with van der Waals surface area (Å²) in [4.78, 5) is 7.34. The van der Waals surface area contributed by atoms with Crippen LogP contribution < -0.4 is 0 Å². The number of hydrogen-bond donors (Lipinski definition) is 0. The van der Waals surface area contributed by atoms with Gasteiger partial charge in [-0.1, -0.05) is 24.6 Å². The van der Waals surface area contributed by atoms with E-state index in [-0.39, 0.29) is 11.6 Å². The van der Waals surface area contributed by atoms with Crippen molar-refractivity contribution in [3.63, 3.8) is 0 Å². The molecule has 0 radical (unpaired) electrons. The van der Waals surface area contributed by atoms with E-state index in [4.69, 9.17) is 9.18 Å². The molecule has 0 spiro atoms. The Kier molecular flexibility index (Phi) is 5.16. The quantitative estimate of drug-likeness (QED) is 0.739. The summed E-state index contributed by atoms with van der Waals surface area (Å²) >= 11 is 0. The summed E-state index contributed by atoms with van der Waals surface area (Å²) in [7, 11) is -3.70. The Labute approximate surface area is 162 Å². The van der Waals surface area contributed by atoms with Crippen LogP contribution in [0, 0.1) is 30.6 Å². The normalized spacial score (nSPS) is 34.0. The van der Waals surface area contributed by atoms with Gasteiger partial charge in [0.05, 0.1) is 4.90 Å². The molecule has 1 aromatic carbocycles. The highest BCUT2D eigenvalue weighted by Crippen LogP contribution is 2.45. The highest BCUT2D eigenvalue weighted by atomic mass is 32.2. The first-order valence-electron chi connectivity index (χ1n) is 10.1. The second kappa shape index (κ2) is 7.30. The predicted octanol–water partition coefficient (Wildman–Crippen LogP) is 3.49. The monoisotopic (exact) mass is 390 g/mol. The lowest BCUT2D eigenvalue weighted by molar-refractivity contribution is 0.146. The summed E-state index contributed by atoms with van der Waals surface area (Å²) in [6.07, 6.45) is 3.52. The van der Waals surface area contributed by atoms with Gasteiger partial charge in [-0.2, -0.15) is 8.42 Å². The molecule has 6 heteroatoms. The zero-order valence-electron chi connectivity index (χ0n) is 16.5. The lowest BCUT2D eigenvalue weighted by Crippen LogP contribution is -2.41. The Hall–Kier alpha value is -1.24. The third kappa shape index (κ3) is 3.84. The SMILES string of the molecule is Cc1ccc(S(=O)(=O)OCN2CC3CC4=NC(C)CCC4C(C)C3C2)cc1. The van der Waals surface area contributed by atoms with Crippen LogP contribution in [0.1, 0.15) is 38.7 Å². The van der Waals surface area contributed by atoms with Gasteiger partial charge < -0.3 is 0 Å². The molecule has 0 N–H and O–H groups in total. The summed E-state index contributed by atoms with van der Waals surface area (Å²) in [5.41, 5.74) is 2.45. The van der Waals surface area contributed by atoms with Gasteiger partial charge in [0.2, 0.25) is 0 Å².